The summed E-state index contributed by atoms with van der Waals surface area (Å²) < 4.78 is 0. The van der Waals surface area contributed by atoms with Gasteiger partial charge in [0.05, 0.1) is 6.04 Å². The molecule has 3 fully saturated rings. The van der Waals surface area contributed by atoms with Crippen LogP contribution in [0.1, 0.15) is 44.3 Å². The van der Waals surface area contributed by atoms with E-state index >= 15 is 0 Å². The van der Waals surface area contributed by atoms with Crippen molar-refractivity contribution in [1.29, 1.82) is 0 Å². The number of hydrogen-bond acceptors (Lipinski definition) is 3. The van der Waals surface area contributed by atoms with Crippen molar-refractivity contribution in [2.45, 2.75) is 44.2 Å². The number of likely N-dealkylation sites (tertiary alicyclic amines) is 1. The number of H-pyrrole nitrogens is 1. The van der Waals surface area contributed by atoms with Gasteiger partial charge in [-0.1, -0.05) is 0 Å². The fraction of sp³-hybridized carbons (Fsp3) is 0.588. The molecule has 128 valence electrons. The van der Waals surface area contributed by atoms with E-state index in [0.29, 0.717) is 6.54 Å². The van der Waals surface area contributed by atoms with Crippen molar-refractivity contribution in [1.82, 2.24) is 20.1 Å². The van der Waals surface area contributed by atoms with Gasteiger partial charge in [-0.05, 0) is 50.7 Å². The van der Waals surface area contributed by atoms with E-state index in [1.165, 1.54) is 0 Å². The molecule has 3 heterocycles. The maximum absolute atomic E-state index is 12.7. The lowest BCUT2D eigenvalue weighted by atomic mass is 9.96. The molecule has 2 aliphatic heterocycles. The van der Waals surface area contributed by atoms with E-state index in [0.717, 1.165) is 36.3 Å². The standard InChI is InChI=1S/C17H22N4O3/c1-17(11-6-7-11)15(23)21(16(24)19-17)10-14(22)20-9-3-5-13(20)12-4-2-8-18-12/h2,4,8,11,13,18H,3,5-7,9-10H2,1H3,(H,19,24)/t13-,17-/m1/s1. The molecular weight excluding hydrogens is 308 g/mol. The molecule has 0 bridgehead atoms. The fourth-order valence-electron chi connectivity index (χ4n) is 3.96. The highest BCUT2D eigenvalue weighted by molar-refractivity contribution is 6.09. The summed E-state index contributed by atoms with van der Waals surface area (Å²) in [5.41, 5.74) is 0.169. The van der Waals surface area contributed by atoms with Crippen LogP contribution in [-0.4, -0.2) is 51.3 Å². The molecule has 0 spiro atoms. The monoisotopic (exact) mass is 330 g/mol. The highest BCUT2D eigenvalue weighted by atomic mass is 16.2. The predicted molar refractivity (Wildman–Crippen MR) is 85.9 cm³/mol. The van der Waals surface area contributed by atoms with Gasteiger partial charge in [-0.3, -0.25) is 14.5 Å². The molecule has 0 radical (unpaired) electrons. The van der Waals surface area contributed by atoms with Gasteiger partial charge in [0.15, 0.2) is 0 Å². The van der Waals surface area contributed by atoms with Crippen LogP contribution in [0.3, 0.4) is 0 Å². The van der Waals surface area contributed by atoms with Crippen molar-refractivity contribution in [2.24, 2.45) is 5.92 Å². The topological polar surface area (TPSA) is 85.5 Å². The van der Waals surface area contributed by atoms with Gasteiger partial charge >= 0.3 is 6.03 Å². The SMILES string of the molecule is C[C@]1(C2CC2)NC(=O)N(CC(=O)N2CCC[C@@H]2c2ccc[nH]2)C1=O. The quantitative estimate of drug-likeness (QED) is 0.818. The number of urea groups is 1. The van der Waals surface area contributed by atoms with E-state index in [-0.39, 0.29) is 30.3 Å². The molecule has 2 N–H and O–H groups in total. The summed E-state index contributed by atoms with van der Waals surface area (Å²) in [5, 5.41) is 2.79. The number of aromatic nitrogens is 1. The Kier molecular flexibility index (Phi) is 3.40. The van der Waals surface area contributed by atoms with Crippen LogP contribution < -0.4 is 5.32 Å². The number of amides is 4. The second-order valence-corrected chi connectivity index (χ2v) is 7.17. The highest BCUT2D eigenvalue weighted by Crippen LogP contribution is 2.42. The van der Waals surface area contributed by atoms with Gasteiger partial charge in [0.1, 0.15) is 12.1 Å². The van der Waals surface area contributed by atoms with Crippen molar-refractivity contribution in [3.63, 3.8) is 0 Å². The molecule has 4 rings (SSSR count). The Balaban J connectivity index is 1.48. The summed E-state index contributed by atoms with van der Waals surface area (Å²) in [7, 11) is 0. The van der Waals surface area contributed by atoms with Crippen LogP contribution in [0.2, 0.25) is 0 Å². The molecule has 2 atom stereocenters. The van der Waals surface area contributed by atoms with Crippen LogP contribution in [0.5, 0.6) is 0 Å². The minimum absolute atomic E-state index is 0.00285. The molecule has 1 aromatic rings. The second kappa shape index (κ2) is 5.36. The zero-order valence-electron chi connectivity index (χ0n) is 13.7. The molecule has 7 heteroatoms. The molecule has 24 heavy (non-hydrogen) atoms. The third-order valence-corrected chi connectivity index (χ3v) is 5.54. The Hall–Kier alpha value is -2.31. The largest absolute Gasteiger partial charge is 0.363 e. The van der Waals surface area contributed by atoms with Gasteiger partial charge in [-0.2, -0.15) is 0 Å². The zero-order chi connectivity index (χ0) is 16.9. The van der Waals surface area contributed by atoms with E-state index in [9.17, 15) is 14.4 Å². The maximum Gasteiger partial charge on any atom is 0.325 e. The third-order valence-electron chi connectivity index (χ3n) is 5.54. The number of rotatable bonds is 4. The summed E-state index contributed by atoms with van der Waals surface area (Å²) >= 11 is 0. The van der Waals surface area contributed by atoms with Crippen molar-refractivity contribution >= 4 is 17.8 Å². The van der Waals surface area contributed by atoms with Crippen LogP contribution in [0.25, 0.3) is 0 Å². The van der Waals surface area contributed by atoms with Crippen molar-refractivity contribution < 1.29 is 14.4 Å². The fourth-order valence-corrected chi connectivity index (χ4v) is 3.96. The van der Waals surface area contributed by atoms with Gasteiger partial charge in [0.2, 0.25) is 5.91 Å². The molecule has 1 saturated carbocycles. The normalized spacial score (nSPS) is 30.1. The molecule has 1 aliphatic carbocycles. The average Bonchev–Trinajstić information content (AvgIpc) is 3.00. The summed E-state index contributed by atoms with van der Waals surface area (Å²) in [4.78, 5) is 43.6. The number of nitrogens with zero attached hydrogens (tertiary/aromatic N) is 2. The van der Waals surface area contributed by atoms with Crippen molar-refractivity contribution in [3.05, 3.63) is 24.0 Å². The Morgan fingerprint density at radius 2 is 2.12 bits per heavy atom. The lowest BCUT2D eigenvalue weighted by molar-refractivity contribution is -0.139. The second-order valence-electron chi connectivity index (χ2n) is 7.17. The van der Waals surface area contributed by atoms with Crippen molar-refractivity contribution in [2.75, 3.05) is 13.1 Å². The third kappa shape index (κ3) is 2.30. The minimum Gasteiger partial charge on any atom is -0.363 e. The summed E-state index contributed by atoms with van der Waals surface area (Å²) in [6.07, 6.45) is 5.56. The van der Waals surface area contributed by atoms with E-state index < -0.39 is 11.6 Å². The first kappa shape index (κ1) is 15.2. The van der Waals surface area contributed by atoms with Crippen LogP contribution >= 0.6 is 0 Å². The van der Waals surface area contributed by atoms with Gasteiger partial charge < -0.3 is 15.2 Å². The Labute approximate surface area is 140 Å². The van der Waals surface area contributed by atoms with Gasteiger partial charge in [-0.25, -0.2) is 4.79 Å². The lowest BCUT2D eigenvalue weighted by Crippen LogP contribution is -2.47. The number of imide groups is 1. The molecule has 7 nitrogen and oxygen atoms in total. The average molecular weight is 330 g/mol. The molecule has 3 aliphatic rings. The number of hydrogen-bond donors (Lipinski definition) is 2. The van der Waals surface area contributed by atoms with Gasteiger partial charge in [-0.15, -0.1) is 0 Å². The maximum atomic E-state index is 12.7. The van der Waals surface area contributed by atoms with E-state index in [2.05, 4.69) is 10.3 Å². The molecule has 1 aromatic heterocycles. The lowest BCUT2D eigenvalue weighted by Gasteiger charge is -2.26. The predicted octanol–water partition coefficient (Wildman–Crippen LogP) is 1.40. The van der Waals surface area contributed by atoms with E-state index in [1.807, 2.05) is 18.3 Å². The smallest absolute Gasteiger partial charge is 0.325 e. The highest BCUT2D eigenvalue weighted by Gasteiger charge is 2.56. The molecule has 4 amide bonds. The Morgan fingerprint density at radius 3 is 2.79 bits per heavy atom. The molecule has 2 saturated heterocycles. The van der Waals surface area contributed by atoms with Crippen LogP contribution in [0, 0.1) is 5.92 Å². The number of nitrogens with one attached hydrogen (secondary N) is 2. The minimum atomic E-state index is -0.832. The zero-order valence-corrected chi connectivity index (χ0v) is 13.7. The summed E-state index contributed by atoms with van der Waals surface area (Å²) in [6.45, 7) is 2.25. The number of carbonyl (C=O) groups excluding carboxylic acids is 3. The molecule has 0 aromatic carbocycles. The number of carbonyl (C=O) groups is 3. The summed E-state index contributed by atoms with van der Waals surface area (Å²) in [5.74, 6) is -0.234. The van der Waals surface area contributed by atoms with Crippen LogP contribution in [0.4, 0.5) is 4.79 Å². The summed E-state index contributed by atoms with van der Waals surface area (Å²) in [6, 6.07) is 3.43. The first-order chi connectivity index (χ1) is 11.5. The first-order valence-corrected chi connectivity index (χ1v) is 8.57. The Morgan fingerprint density at radius 1 is 1.33 bits per heavy atom. The Bertz CT molecular complexity index is 682. The van der Waals surface area contributed by atoms with Crippen LogP contribution in [-0.2, 0) is 9.59 Å². The number of aromatic amines is 1. The van der Waals surface area contributed by atoms with E-state index in [4.69, 9.17) is 0 Å². The van der Waals surface area contributed by atoms with E-state index in [1.54, 1.807) is 11.8 Å². The van der Waals surface area contributed by atoms with Gasteiger partial charge in [0.25, 0.3) is 5.91 Å². The first-order valence-electron chi connectivity index (χ1n) is 8.57. The molecular formula is C17H22N4O3. The molecule has 0 unspecified atom stereocenters. The van der Waals surface area contributed by atoms with Crippen LogP contribution in [0.15, 0.2) is 18.3 Å². The van der Waals surface area contributed by atoms with Crippen molar-refractivity contribution in [3.8, 4) is 0 Å². The van der Waals surface area contributed by atoms with Gasteiger partial charge in [0, 0.05) is 18.4 Å².